The van der Waals surface area contributed by atoms with Crippen molar-refractivity contribution < 1.29 is 27.4 Å². The molecular formula is C17H23NO6S. The molecule has 0 bridgehead atoms. The quantitative estimate of drug-likeness (QED) is 0.788. The van der Waals surface area contributed by atoms with E-state index in [1.54, 1.807) is 44.2 Å². The third-order valence-electron chi connectivity index (χ3n) is 4.65. The van der Waals surface area contributed by atoms with E-state index in [2.05, 4.69) is 5.32 Å². The molecule has 0 saturated carbocycles. The van der Waals surface area contributed by atoms with E-state index in [1.165, 1.54) is 7.11 Å². The molecule has 0 unspecified atom stereocenters. The SMILES string of the molecule is COC(=O)[C@@H]1C[C@H](S(=O)(=O)c2ccccc2)[C@H]([C@H]2COC(C)(C)O2)N1. The number of benzene rings is 1. The Morgan fingerprint density at radius 1 is 1.28 bits per heavy atom. The van der Waals surface area contributed by atoms with E-state index in [0.29, 0.717) is 0 Å². The van der Waals surface area contributed by atoms with Crippen LogP contribution in [0.1, 0.15) is 20.3 Å². The summed E-state index contributed by atoms with van der Waals surface area (Å²) in [5.41, 5.74) is 0. The van der Waals surface area contributed by atoms with Crippen LogP contribution in [0.5, 0.6) is 0 Å². The first kappa shape index (κ1) is 18.3. The summed E-state index contributed by atoms with van der Waals surface area (Å²) in [6, 6.07) is 7.00. The third-order valence-corrected chi connectivity index (χ3v) is 6.86. The zero-order valence-corrected chi connectivity index (χ0v) is 15.3. The predicted molar refractivity (Wildman–Crippen MR) is 89.7 cm³/mol. The van der Waals surface area contributed by atoms with E-state index in [-0.39, 0.29) is 17.9 Å². The molecule has 0 amide bonds. The Morgan fingerprint density at radius 2 is 1.96 bits per heavy atom. The van der Waals surface area contributed by atoms with Gasteiger partial charge in [0.2, 0.25) is 0 Å². The lowest BCUT2D eigenvalue weighted by Crippen LogP contribution is -2.48. The zero-order valence-electron chi connectivity index (χ0n) is 14.5. The van der Waals surface area contributed by atoms with Crippen LogP contribution in [-0.2, 0) is 28.8 Å². The standard InChI is InChI=1S/C17H23NO6S/c1-17(2)23-10-13(24-17)15-14(9-12(18-15)16(19)22-3)25(20,21)11-7-5-4-6-8-11/h4-8,12-15,18H,9-10H2,1-3H3/t12-,13+,14-,15-/m0/s1. The molecule has 1 N–H and O–H groups in total. The van der Waals surface area contributed by atoms with Gasteiger partial charge in [0.05, 0.1) is 29.9 Å². The maximum atomic E-state index is 13.1. The molecule has 0 spiro atoms. The van der Waals surface area contributed by atoms with E-state index in [4.69, 9.17) is 14.2 Å². The average molecular weight is 369 g/mol. The number of carbonyl (C=O) groups excluding carboxylic acids is 1. The number of sulfone groups is 1. The van der Waals surface area contributed by atoms with Crippen molar-refractivity contribution in [3.05, 3.63) is 30.3 Å². The third kappa shape index (κ3) is 3.57. The van der Waals surface area contributed by atoms with Gasteiger partial charge >= 0.3 is 5.97 Å². The van der Waals surface area contributed by atoms with Crippen molar-refractivity contribution in [2.45, 2.75) is 54.4 Å². The number of hydrogen-bond donors (Lipinski definition) is 1. The van der Waals surface area contributed by atoms with Crippen LogP contribution in [-0.4, -0.2) is 57.3 Å². The number of hydrogen-bond acceptors (Lipinski definition) is 7. The number of methoxy groups -OCH3 is 1. The Labute approximate surface area is 147 Å². The number of nitrogens with one attached hydrogen (secondary N) is 1. The minimum atomic E-state index is -3.64. The van der Waals surface area contributed by atoms with Crippen LogP contribution in [0.4, 0.5) is 0 Å². The van der Waals surface area contributed by atoms with Gasteiger partial charge in [0, 0.05) is 0 Å². The maximum Gasteiger partial charge on any atom is 0.322 e. The summed E-state index contributed by atoms with van der Waals surface area (Å²) in [4.78, 5) is 12.2. The average Bonchev–Trinajstić information content (AvgIpc) is 3.18. The van der Waals surface area contributed by atoms with Crippen molar-refractivity contribution >= 4 is 15.8 Å². The predicted octanol–water partition coefficient (Wildman–Crippen LogP) is 0.884. The fourth-order valence-corrected chi connectivity index (χ4v) is 5.41. The molecule has 2 heterocycles. The first-order valence-corrected chi connectivity index (χ1v) is 9.74. The Hall–Kier alpha value is -1.48. The van der Waals surface area contributed by atoms with Crippen molar-refractivity contribution in [1.29, 1.82) is 0 Å². The summed E-state index contributed by atoms with van der Waals surface area (Å²) in [6.07, 6.45) is -0.331. The molecule has 4 atom stereocenters. The molecule has 0 aliphatic carbocycles. The molecule has 138 valence electrons. The van der Waals surface area contributed by atoms with Crippen LogP contribution in [0, 0.1) is 0 Å². The molecule has 0 radical (unpaired) electrons. The summed E-state index contributed by atoms with van der Waals surface area (Å²) in [6.45, 7) is 3.82. The second-order valence-corrected chi connectivity index (χ2v) is 8.93. The second-order valence-electron chi connectivity index (χ2n) is 6.77. The van der Waals surface area contributed by atoms with E-state index < -0.39 is 45.0 Å². The van der Waals surface area contributed by atoms with Gasteiger partial charge in [-0.25, -0.2) is 8.42 Å². The minimum Gasteiger partial charge on any atom is -0.468 e. The van der Waals surface area contributed by atoms with Gasteiger partial charge in [-0.2, -0.15) is 0 Å². The van der Waals surface area contributed by atoms with Gasteiger partial charge in [0.25, 0.3) is 0 Å². The lowest BCUT2D eigenvalue weighted by atomic mass is 10.1. The molecule has 2 saturated heterocycles. The van der Waals surface area contributed by atoms with Gasteiger partial charge in [0.15, 0.2) is 15.6 Å². The van der Waals surface area contributed by atoms with Crippen molar-refractivity contribution in [2.24, 2.45) is 0 Å². The Balaban J connectivity index is 1.92. The number of esters is 1. The molecule has 1 aromatic rings. The zero-order chi connectivity index (χ0) is 18.2. The summed E-state index contributed by atoms with van der Waals surface area (Å²) in [5.74, 6) is -1.26. The molecule has 25 heavy (non-hydrogen) atoms. The number of rotatable bonds is 4. The van der Waals surface area contributed by atoms with Crippen LogP contribution in [0.15, 0.2) is 35.2 Å². The second kappa shape index (κ2) is 6.68. The summed E-state index contributed by atoms with van der Waals surface area (Å²) in [5, 5.41) is 2.28. The molecular weight excluding hydrogens is 346 g/mol. The molecule has 2 aliphatic rings. The van der Waals surface area contributed by atoms with Crippen LogP contribution in [0.25, 0.3) is 0 Å². The van der Waals surface area contributed by atoms with Gasteiger partial charge in [-0.1, -0.05) is 18.2 Å². The Bertz CT molecular complexity index is 733. The molecule has 2 fully saturated rings. The lowest BCUT2D eigenvalue weighted by Gasteiger charge is -2.25. The van der Waals surface area contributed by atoms with Crippen molar-refractivity contribution in [3.8, 4) is 0 Å². The molecule has 1 aromatic carbocycles. The molecule has 0 aromatic heterocycles. The highest BCUT2D eigenvalue weighted by Gasteiger charge is 2.51. The van der Waals surface area contributed by atoms with Crippen LogP contribution in [0.2, 0.25) is 0 Å². The highest BCUT2D eigenvalue weighted by molar-refractivity contribution is 7.92. The van der Waals surface area contributed by atoms with E-state index in [9.17, 15) is 13.2 Å². The van der Waals surface area contributed by atoms with Crippen molar-refractivity contribution in [1.82, 2.24) is 5.32 Å². The van der Waals surface area contributed by atoms with Gasteiger partial charge in [-0.05, 0) is 32.4 Å². The van der Waals surface area contributed by atoms with Crippen LogP contribution >= 0.6 is 0 Å². The van der Waals surface area contributed by atoms with Crippen LogP contribution < -0.4 is 5.32 Å². The highest BCUT2D eigenvalue weighted by atomic mass is 32.2. The van der Waals surface area contributed by atoms with Gasteiger partial charge in [-0.3, -0.25) is 10.1 Å². The largest absolute Gasteiger partial charge is 0.468 e. The number of ether oxygens (including phenoxy) is 3. The van der Waals surface area contributed by atoms with E-state index in [1.807, 2.05) is 0 Å². The highest BCUT2D eigenvalue weighted by Crippen LogP contribution is 2.34. The number of carbonyl (C=O) groups is 1. The fourth-order valence-electron chi connectivity index (χ4n) is 3.44. The topological polar surface area (TPSA) is 90.9 Å². The van der Waals surface area contributed by atoms with Gasteiger partial charge in [0.1, 0.15) is 12.1 Å². The van der Waals surface area contributed by atoms with Crippen molar-refractivity contribution in [2.75, 3.05) is 13.7 Å². The first-order valence-electron chi connectivity index (χ1n) is 8.19. The Kier molecular flexibility index (Phi) is 4.89. The van der Waals surface area contributed by atoms with Gasteiger partial charge in [-0.15, -0.1) is 0 Å². The summed E-state index contributed by atoms with van der Waals surface area (Å²) in [7, 11) is -2.36. The van der Waals surface area contributed by atoms with Gasteiger partial charge < -0.3 is 14.2 Å². The Morgan fingerprint density at radius 3 is 2.52 bits per heavy atom. The van der Waals surface area contributed by atoms with E-state index in [0.717, 1.165) is 0 Å². The van der Waals surface area contributed by atoms with E-state index >= 15 is 0 Å². The summed E-state index contributed by atoms with van der Waals surface area (Å²) < 4.78 is 42.5. The molecule has 2 aliphatic heterocycles. The van der Waals surface area contributed by atoms with Crippen molar-refractivity contribution in [3.63, 3.8) is 0 Å². The minimum absolute atomic E-state index is 0.134. The molecule has 7 nitrogen and oxygen atoms in total. The fraction of sp³-hybridized carbons (Fsp3) is 0.588. The summed E-state index contributed by atoms with van der Waals surface area (Å²) >= 11 is 0. The first-order chi connectivity index (χ1) is 11.7. The van der Waals surface area contributed by atoms with Crippen LogP contribution in [0.3, 0.4) is 0 Å². The lowest BCUT2D eigenvalue weighted by molar-refractivity contribution is -0.144. The normalized spacial score (nSPS) is 31.8. The maximum absolute atomic E-state index is 13.1. The molecule has 8 heteroatoms. The smallest absolute Gasteiger partial charge is 0.322 e. The monoisotopic (exact) mass is 369 g/mol. The molecule has 3 rings (SSSR count).